The van der Waals surface area contributed by atoms with Gasteiger partial charge in [-0.15, -0.1) is 0 Å². The van der Waals surface area contributed by atoms with Gasteiger partial charge in [-0.05, 0) is 50.0 Å². The molecule has 0 heterocycles. The van der Waals surface area contributed by atoms with Crippen LogP contribution in [0.5, 0.6) is 5.75 Å². The number of amides is 1. The summed E-state index contributed by atoms with van der Waals surface area (Å²) in [5.41, 5.74) is 3.17. The fraction of sp³-hybridized carbons (Fsp3) is 0.480. The molecule has 3 aliphatic rings. The Balaban J connectivity index is 1.91. The lowest BCUT2D eigenvalue weighted by atomic mass is 9.58. The van der Waals surface area contributed by atoms with Crippen LogP contribution in [-0.2, 0) is 17.8 Å². The molecule has 1 aromatic rings. The fourth-order valence-electron chi connectivity index (χ4n) is 5.85. The Labute approximate surface area is 203 Å². The predicted molar refractivity (Wildman–Crippen MR) is 128 cm³/mol. The summed E-state index contributed by atoms with van der Waals surface area (Å²) in [6.45, 7) is 4.48. The second-order valence-corrected chi connectivity index (χ2v) is 10.1. The number of Topliss-reactive ketones (excluding diaryl/α,β-unsaturated/α-hetero) is 1. The number of benzene rings is 1. The molecule has 0 radical (unpaired) electrons. The van der Waals surface area contributed by atoms with E-state index in [4.69, 9.17) is 11.1 Å². The number of aromatic hydroxyl groups is 1. The van der Waals surface area contributed by atoms with Crippen molar-refractivity contribution >= 4 is 17.4 Å². The van der Waals surface area contributed by atoms with Crippen LogP contribution in [0, 0.1) is 17.2 Å². The molecule has 0 saturated heterocycles. The number of hydrogen-bond donors (Lipinski definition) is 7. The maximum atomic E-state index is 13.6. The van der Waals surface area contributed by atoms with E-state index in [1.165, 1.54) is 6.07 Å². The lowest BCUT2D eigenvalue weighted by Crippen LogP contribution is -2.63. The number of nitrogens with one attached hydrogen (secondary N) is 2. The van der Waals surface area contributed by atoms with Gasteiger partial charge in [-0.1, -0.05) is 19.9 Å². The predicted octanol–water partition coefficient (Wildman–Crippen LogP) is 1.07. The molecular weight excluding hydrogens is 452 g/mol. The molecule has 10 heteroatoms. The van der Waals surface area contributed by atoms with Gasteiger partial charge in [0.15, 0.2) is 11.4 Å². The number of nitrogens with two attached hydrogens (primary N) is 1. The zero-order valence-electron chi connectivity index (χ0n) is 20.2. The zero-order chi connectivity index (χ0) is 26.0. The molecular formula is C25H32N4O6. The van der Waals surface area contributed by atoms with Crippen LogP contribution in [0.1, 0.15) is 41.8 Å². The minimum Gasteiger partial charge on any atom is -0.510 e. The normalized spacial score (nSPS) is 28.4. The first-order chi connectivity index (χ1) is 16.3. The summed E-state index contributed by atoms with van der Waals surface area (Å²) in [6, 6.07) is 2.47. The standard InChI is InChI=1S/C25H32N4O6/c1-10(2)28-9-11-5-6-15(30)17-13(11)7-12-8-14-19(29(3)4)21(32)18(24(27)34)22(26)25(14,35)23(33)16(12)20(17)31/h5-6,10,12,14,19,26,28,30,32-33,35H,7-9H2,1-4H3,(H2,27,34)/t12-,14-,19-,25+/m0/s1. The van der Waals surface area contributed by atoms with Gasteiger partial charge in [0.1, 0.15) is 22.8 Å². The Morgan fingerprint density at radius 2 is 1.94 bits per heavy atom. The van der Waals surface area contributed by atoms with Gasteiger partial charge in [0.05, 0.1) is 17.3 Å². The number of carbonyl (C=O) groups is 2. The van der Waals surface area contributed by atoms with Crippen molar-refractivity contribution in [3.05, 3.63) is 51.5 Å². The molecule has 3 aliphatic carbocycles. The molecule has 188 valence electrons. The molecule has 4 rings (SSSR count). The molecule has 0 bridgehead atoms. The van der Waals surface area contributed by atoms with Gasteiger partial charge in [0.2, 0.25) is 0 Å². The number of likely N-dealkylation sites (N-methyl/N-ethyl adjacent to an activating group) is 1. The topological polar surface area (TPSA) is 180 Å². The van der Waals surface area contributed by atoms with Crippen molar-refractivity contribution in [1.82, 2.24) is 10.2 Å². The van der Waals surface area contributed by atoms with E-state index in [-0.39, 0.29) is 29.3 Å². The highest BCUT2D eigenvalue weighted by molar-refractivity contribution is 6.26. The van der Waals surface area contributed by atoms with Gasteiger partial charge in [0, 0.05) is 24.1 Å². The molecule has 1 amide bonds. The Bertz CT molecular complexity index is 1200. The number of hydrogen-bond acceptors (Lipinski definition) is 9. The molecule has 35 heavy (non-hydrogen) atoms. The third-order valence-electron chi connectivity index (χ3n) is 7.46. The van der Waals surface area contributed by atoms with Crippen LogP contribution in [0.3, 0.4) is 0 Å². The Hall–Kier alpha value is -3.21. The van der Waals surface area contributed by atoms with Gasteiger partial charge in [-0.2, -0.15) is 0 Å². The van der Waals surface area contributed by atoms with Gasteiger partial charge < -0.3 is 36.9 Å². The summed E-state index contributed by atoms with van der Waals surface area (Å²) in [5, 5.41) is 56.3. The van der Waals surface area contributed by atoms with Crippen LogP contribution in [0.2, 0.25) is 0 Å². The number of ketones is 1. The lowest BCUT2D eigenvalue weighted by molar-refractivity contribution is -0.114. The van der Waals surface area contributed by atoms with Crippen molar-refractivity contribution < 1.29 is 30.0 Å². The molecule has 1 aromatic carbocycles. The van der Waals surface area contributed by atoms with Crippen molar-refractivity contribution in [3.8, 4) is 5.75 Å². The number of allylic oxidation sites excluding steroid dienone is 1. The molecule has 0 unspecified atom stereocenters. The molecule has 0 fully saturated rings. The highest BCUT2D eigenvalue weighted by atomic mass is 16.3. The van der Waals surface area contributed by atoms with Gasteiger partial charge in [0.25, 0.3) is 5.91 Å². The largest absolute Gasteiger partial charge is 0.510 e. The third kappa shape index (κ3) is 3.55. The highest BCUT2D eigenvalue weighted by Crippen LogP contribution is 2.52. The number of carbonyl (C=O) groups excluding carboxylic acids is 2. The highest BCUT2D eigenvalue weighted by Gasteiger charge is 2.61. The number of aliphatic hydroxyl groups excluding tert-OH is 2. The Morgan fingerprint density at radius 3 is 2.51 bits per heavy atom. The van der Waals surface area contributed by atoms with Gasteiger partial charge in [-0.3, -0.25) is 14.5 Å². The minimum atomic E-state index is -2.41. The first-order valence-electron chi connectivity index (χ1n) is 11.6. The Morgan fingerprint density at radius 1 is 1.29 bits per heavy atom. The molecule has 0 aromatic heterocycles. The average molecular weight is 485 g/mol. The van der Waals surface area contributed by atoms with Crippen molar-refractivity contribution in [2.24, 2.45) is 17.6 Å². The quantitative estimate of drug-likeness (QED) is 0.324. The van der Waals surface area contributed by atoms with E-state index in [2.05, 4.69) is 5.32 Å². The lowest BCUT2D eigenvalue weighted by Gasteiger charge is -2.51. The van der Waals surface area contributed by atoms with Crippen LogP contribution in [0.25, 0.3) is 0 Å². The number of phenols is 1. The fourth-order valence-corrected chi connectivity index (χ4v) is 5.85. The number of nitrogens with zero attached hydrogens (tertiary/aromatic N) is 1. The van der Waals surface area contributed by atoms with Gasteiger partial charge in [-0.25, -0.2) is 0 Å². The number of aliphatic hydroxyl groups is 3. The third-order valence-corrected chi connectivity index (χ3v) is 7.46. The SMILES string of the molecule is CC(C)NCc1ccc(O)c2c1C[C@H]1C[C@H]3[C@H](N(C)C)C(O)=C(C(N)=O)C(=N)[C@@]3(O)C(O)=C1C2=O. The van der Waals surface area contributed by atoms with Crippen molar-refractivity contribution in [1.29, 1.82) is 5.41 Å². The van der Waals surface area contributed by atoms with Crippen molar-refractivity contribution in [2.45, 2.75) is 50.9 Å². The van der Waals surface area contributed by atoms with Crippen LogP contribution in [0.15, 0.2) is 34.8 Å². The summed E-state index contributed by atoms with van der Waals surface area (Å²) < 4.78 is 0. The number of rotatable bonds is 5. The second-order valence-electron chi connectivity index (χ2n) is 10.1. The van der Waals surface area contributed by atoms with Crippen LogP contribution >= 0.6 is 0 Å². The van der Waals surface area contributed by atoms with E-state index in [1.807, 2.05) is 13.8 Å². The van der Waals surface area contributed by atoms with Gasteiger partial charge >= 0.3 is 0 Å². The van der Waals surface area contributed by atoms with E-state index in [0.717, 1.165) is 5.56 Å². The van der Waals surface area contributed by atoms with Crippen LogP contribution < -0.4 is 11.1 Å². The van der Waals surface area contributed by atoms with E-state index >= 15 is 0 Å². The monoisotopic (exact) mass is 484 g/mol. The Kier molecular flexibility index (Phi) is 6.03. The zero-order valence-corrected chi connectivity index (χ0v) is 20.2. The number of primary amides is 1. The van der Waals surface area contributed by atoms with E-state index in [1.54, 1.807) is 25.1 Å². The smallest absolute Gasteiger partial charge is 0.254 e. The second kappa shape index (κ2) is 8.47. The first-order valence-corrected chi connectivity index (χ1v) is 11.6. The first kappa shape index (κ1) is 24.9. The van der Waals surface area contributed by atoms with E-state index in [9.17, 15) is 30.0 Å². The summed E-state index contributed by atoms with van der Waals surface area (Å²) in [4.78, 5) is 27.3. The number of fused-ring (bicyclic) bond motifs is 3. The summed E-state index contributed by atoms with van der Waals surface area (Å²) >= 11 is 0. The molecule has 8 N–H and O–H groups in total. The summed E-state index contributed by atoms with van der Waals surface area (Å²) in [6.07, 6.45) is 0.465. The molecule has 0 spiro atoms. The molecule has 0 saturated carbocycles. The van der Waals surface area contributed by atoms with Crippen molar-refractivity contribution in [2.75, 3.05) is 14.1 Å². The molecule has 10 nitrogen and oxygen atoms in total. The average Bonchev–Trinajstić information content (AvgIpc) is 2.75. The summed E-state index contributed by atoms with van der Waals surface area (Å²) in [5.74, 6) is -4.61. The molecule has 0 aliphatic heterocycles. The van der Waals surface area contributed by atoms with Crippen LogP contribution in [-0.4, -0.2) is 74.5 Å². The minimum absolute atomic E-state index is 0.0629. The van der Waals surface area contributed by atoms with Crippen LogP contribution in [0.4, 0.5) is 0 Å². The van der Waals surface area contributed by atoms with E-state index in [0.29, 0.717) is 18.5 Å². The maximum Gasteiger partial charge on any atom is 0.254 e. The maximum absolute atomic E-state index is 13.6. The van der Waals surface area contributed by atoms with Crippen molar-refractivity contribution in [3.63, 3.8) is 0 Å². The molecule has 4 atom stereocenters. The summed E-state index contributed by atoms with van der Waals surface area (Å²) in [7, 11) is 3.28. The number of phenolic OH excluding ortho intramolecular Hbond substituents is 1. The van der Waals surface area contributed by atoms with E-state index < -0.39 is 58.0 Å².